The molecule has 1 saturated heterocycles. The summed E-state index contributed by atoms with van der Waals surface area (Å²) in [6.45, 7) is 8.77. The van der Waals surface area contributed by atoms with Crippen molar-refractivity contribution in [3.8, 4) is 0 Å². The van der Waals surface area contributed by atoms with Gasteiger partial charge in [0.1, 0.15) is 5.65 Å². The largest absolute Gasteiger partial charge is 0.377 e. The Morgan fingerprint density at radius 1 is 1.43 bits per heavy atom. The summed E-state index contributed by atoms with van der Waals surface area (Å²) in [5, 5.41) is 0. The third-order valence-corrected chi connectivity index (χ3v) is 4.02. The Bertz CT molecular complexity index is 632. The Morgan fingerprint density at radius 3 is 2.95 bits per heavy atom. The van der Waals surface area contributed by atoms with Crippen LogP contribution in [0.25, 0.3) is 5.65 Å². The van der Waals surface area contributed by atoms with Gasteiger partial charge in [0, 0.05) is 25.2 Å². The summed E-state index contributed by atoms with van der Waals surface area (Å²) >= 11 is 0. The van der Waals surface area contributed by atoms with Crippen LogP contribution in [-0.4, -0.2) is 40.7 Å². The molecule has 5 nitrogen and oxygen atoms in total. The number of nitrogens with two attached hydrogens (primary N) is 1. The van der Waals surface area contributed by atoms with Crippen molar-refractivity contribution >= 4 is 11.5 Å². The lowest BCUT2D eigenvalue weighted by Gasteiger charge is -2.43. The maximum Gasteiger partial charge on any atom is 0.151 e. The lowest BCUT2D eigenvalue weighted by molar-refractivity contribution is 0.0638. The summed E-state index contributed by atoms with van der Waals surface area (Å²) in [5.74, 6) is 1.05. The maximum absolute atomic E-state index is 6.06. The smallest absolute Gasteiger partial charge is 0.151 e. The molecule has 1 fully saturated rings. The zero-order valence-corrected chi connectivity index (χ0v) is 13.0. The fraction of sp³-hybridized carbons (Fsp3) is 0.562. The fourth-order valence-corrected chi connectivity index (χ4v) is 3.00. The van der Waals surface area contributed by atoms with E-state index in [1.807, 2.05) is 25.1 Å². The summed E-state index contributed by atoms with van der Waals surface area (Å²) in [5.41, 5.74) is 8.17. The first-order valence-corrected chi connectivity index (χ1v) is 7.56. The topological polar surface area (TPSA) is 55.8 Å². The van der Waals surface area contributed by atoms with Crippen LogP contribution in [0.15, 0.2) is 24.4 Å². The van der Waals surface area contributed by atoms with Crippen molar-refractivity contribution in [2.75, 3.05) is 24.7 Å². The molecule has 21 heavy (non-hydrogen) atoms. The molecule has 1 aliphatic heterocycles. The second-order valence-electron chi connectivity index (χ2n) is 6.51. The number of hydrogen-bond acceptors (Lipinski definition) is 4. The van der Waals surface area contributed by atoms with Crippen LogP contribution in [0.5, 0.6) is 0 Å². The molecule has 5 heteroatoms. The molecule has 0 aliphatic carbocycles. The number of aromatic nitrogens is 2. The Balaban J connectivity index is 2.12. The molecule has 0 spiro atoms. The zero-order valence-electron chi connectivity index (χ0n) is 13.0. The van der Waals surface area contributed by atoms with Crippen LogP contribution >= 0.6 is 0 Å². The first-order valence-electron chi connectivity index (χ1n) is 7.56. The highest BCUT2D eigenvalue weighted by Crippen LogP contribution is 2.30. The summed E-state index contributed by atoms with van der Waals surface area (Å²) in [7, 11) is 0. The van der Waals surface area contributed by atoms with E-state index in [0.717, 1.165) is 37.6 Å². The van der Waals surface area contributed by atoms with Gasteiger partial charge in [0.05, 0.1) is 24.4 Å². The van der Waals surface area contributed by atoms with Gasteiger partial charge in [-0.25, -0.2) is 4.98 Å². The van der Waals surface area contributed by atoms with Gasteiger partial charge in [-0.05, 0) is 32.9 Å². The summed E-state index contributed by atoms with van der Waals surface area (Å²) in [6, 6.07) is 6.20. The lowest BCUT2D eigenvalue weighted by Crippen LogP contribution is -2.53. The van der Waals surface area contributed by atoms with Gasteiger partial charge in [-0.2, -0.15) is 0 Å². The maximum atomic E-state index is 6.06. The number of morpholine rings is 1. The number of ether oxygens (including phenoxy) is 1. The Labute approximate surface area is 125 Å². The number of hydrogen-bond donors (Lipinski definition) is 1. The average molecular weight is 288 g/mol. The van der Waals surface area contributed by atoms with Crippen LogP contribution < -0.4 is 10.6 Å². The van der Waals surface area contributed by atoms with Crippen molar-refractivity contribution in [2.45, 2.75) is 38.8 Å². The molecule has 0 radical (unpaired) electrons. The number of imidazole rings is 1. The van der Waals surface area contributed by atoms with Gasteiger partial charge >= 0.3 is 0 Å². The normalized spacial score (nSPS) is 19.9. The van der Waals surface area contributed by atoms with Crippen molar-refractivity contribution in [1.82, 2.24) is 9.38 Å². The predicted molar refractivity (Wildman–Crippen MR) is 84.8 cm³/mol. The van der Waals surface area contributed by atoms with E-state index in [1.54, 1.807) is 0 Å². The molecule has 2 aromatic heterocycles. The van der Waals surface area contributed by atoms with E-state index in [9.17, 15) is 0 Å². The summed E-state index contributed by atoms with van der Waals surface area (Å²) in [6.07, 6.45) is 2.88. The van der Waals surface area contributed by atoms with E-state index in [4.69, 9.17) is 15.5 Å². The molecule has 1 unspecified atom stereocenters. The van der Waals surface area contributed by atoms with Gasteiger partial charge in [-0.3, -0.25) is 0 Å². The van der Waals surface area contributed by atoms with Gasteiger partial charge in [-0.15, -0.1) is 0 Å². The number of rotatable bonds is 3. The predicted octanol–water partition coefficient (Wildman–Crippen LogP) is 1.84. The second kappa shape index (κ2) is 5.31. The third-order valence-electron chi connectivity index (χ3n) is 4.02. The van der Waals surface area contributed by atoms with Crippen LogP contribution in [0, 0.1) is 0 Å². The highest BCUT2D eigenvalue weighted by molar-refractivity contribution is 5.57. The Kier molecular flexibility index (Phi) is 3.63. The molecule has 0 bridgehead atoms. The van der Waals surface area contributed by atoms with Crippen LogP contribution in [0.2, 0.25) is 0 Å². The minimum atomic E-state index is -0.0528. The van der Waals surface area contributed by atoms with Gasteiger partial charge in [0.15, 0.2) is 5.82 Å². The SMILES string of the molecule is CC(N)Cc1c(N2CCOCC2(C)C)nc2ccccn12. The van der Waals surface area contributed by atoms with Crippen molar-refractivity contribution < 1.29 is 4.74 Å². The van der Waals surface area contributed by atoms with Crippen LogP contribution in [0.4, 0.5) is 5.82 Å². The number of fused-ring (bicyclic) bond motifs is 1. The molecule has 0 amide bonds. The number of nitrogens with zero attached hydrogens (tertiary/aromatic N) is 3. The van der Waals surface area contributed by atoms with Gasteiger partial charge < -0.3 is 19.8 Å². The minimum absolute atomic E-state index is 0.0528. The zero-order chi connectivity index (χ0) is 15.0. The molecule has 1 aliphatic rings. The van der Waals surface area contributed by atoms with E-state index in [1.165, 1.54) is 5.69 Å². The first-order chi connectivity index (χ1) is 9.99. The Morgan fingerprint density at radius 2 is 2.24 bits per heavy atom. The molecule has 1 atom stereocenters. The quantitative estimate of drug-likeness (QED) is 0.936. The van der Waals surface area contributed by atoms with Crippen molar-refractivity contribution in [3.63, 3.8) is 0 Å². The summed E-state index contributed by atoms with van der Waals surface area (Å²) < 4.78 is 7.79. The highest BCUT2D eigenvalue weighted by Gasteiger charge is 2.34. The molecule has 114 valence electrons. The molecular weight excluding hydrogens is 264 g/mol. The van der Waals surface area contributed by atoms with Crippen LogP contribution in [-0.2, 0) is 11.2 Å². The number of pyridine rings is 1. The lowest BCUT2D eigenvalue weighted by atomic mass is 10.0. The van der Waals surface area contributed by atoms with E-state index in [0.29, 0.717) is 0 Å². The monoisotopic (exact) mass is 288 g/mol. The van der Waals surface area contributed by atoms with E-state index in [2.05, 4.69) is 29.3 Å². The number of anilines is 1. The van der Waals surface area contributed by atoms with Gasteiger partial charge in [-0.1, -0.05) is 6.07 Å². The van der Waals surface area contributed by atoms with E-state index in [-0.39, 0.29) is 11.6 Å². The molecule has 0 saturated carbocycles. The van der Waals surface area contributed by atoms with Crippen molar-refractivity contribution in [2.24, 2.45) is 5.73 Å². The molecule has 2 N–H and O–H groups in total. The second-order valence-corrected chi connectivity index (χ2v) is 6.51. The molecule has 0 aromatic carbocycles. The molecule has 3 heterocycles. The first kappa shape index (κ1) is 14.4. The highest BCUT2D eigenvalue weighted by atomic mass is 16.5. The molecular formula is C16H24N4O. The van der Waals surface area contributed by atoms with Crippen LogP contribution in [0.3, 0.4) is 0 Å². The van der Waals surface area contributed by atoms with Gasteiger partial charge in [0.25, 0.3) is 0 Å². The standard InChI is InChI=1S/C16H24N4O/c1-12(17)10-13-15(18-14-6-4-5-7-19(13)14)20-8-9-21-11-16(20,2)3/h4-7,12H,8-11,17H2,1-3H3. The van der Waals surface area contributed by atoms with Gasteiger partial charge in [0.2, 0.25) is 0 Å². The molecule has 3 rings (SSSR count). The third kappa shape index (κ3) is 2.63. The van der Waals surface area contributed by atoms with E-state index < -0.39 is 0 Å². The Hall–Kier alpha value is -1.59. The fourth-order valence-electron chi connectivity index (χ4n) is 3.00. The average Bonchev–Trinajstić information content (AvgIpc) is 2.76. The minimum Gasteiger partial charge on any atom is -0.377 e. The van der Waals surface area contributed by atoms with Crippen LogP contribution in [0.1, 0.15) is 26.5 Å². The van der Waals surface area contributed by atoms with Crippen molar-refractivity contribution in [1.29, 1.82) is 0 Å². The summed E-state index contributed by atoms with van der Waals surface area (Å²) in [4.78, 5) is 7.23. The van der Waals surface area contributed by atoms with E-state index >= 15 is 0 Å². The van der Waals surface area contributed by atoms with Crippen molar-refractivity contribution in [3.05, 3.63) is 30.1 Å². The molecule has 2 aromatic rings.